The van der Waals surface area contributed by atoms with Crippen LogP contribution in [0.5, 0.6) is 0 Å². The molecule has 18 heavy (non-hydrogen) atoms. The highest BCUT2D eigenvalue weighted by Gasteiger charge is 2.31. The summed E-state index contributed by atoms with van der Waals surface area (Å²) in [7, 11) is 0. The van der Waals surface area contributed by atoms with Crippen molar-refractivity contribution in [1.82, 2.24) is 4.98 Å². The van der Waals surface area contributed by atoms with Gasteiger partial charge in [-0.15, -0.1) is 11.6 Å². The average molecular weight is 346 g/mol. The van der Waals surface area contributed by atoms with Gasteiger partial charge in [0.1, 0.15) is 0 Å². The lowest BCUT2D eigenvalue weighted by Crippen LogP contribution is -2.24. The van der Waals surface area contributed by atoms with Crippen LogP contribution in [-0.4, -0.2) is 23.3 Å². The molecule has 0 radical (unpaired) electrons. The molecule has 0 bridgehead atoms. The van der Waals surface area contributed by atoms with Crippen molar-refractivity contribution in [1.29, 1.82) is 0 Å². The summed E-state index contributed by atoms with van der Waals surface area (Å²) >= 11 is 10.8. The fourth-order valence-corrected chi connectivity index (χ4v) is 3.60. The van der Waals surface area contributed by atoms with Gasteiger partial charge < -0.3 is 0 Å². The second-order valence-corrected chi connectivity index (χ2v) is 6.57. The van der Waals surface area contributed by atoms with Crippen molar-refractivity contribution in [3.8, 4) is 0 Å². The van der Waals surface area contributed by atoms with Gasteiger partial charge in [-0.05, 0) is 24.1 Å². The number of hydrogen-bond acceptors (Lipinski definition) is 3. The molecule has 2 heterocycles. The molecule has 2 aromatic rings. The molecule has 3 nitrogen and oxygen atoms in total. The number of nitrogens with zero attached hydrogens (tertiary/aromatic N) is 2. The van der Waals surface area contributed by atoms with Crippen molar-refractivity contribution < 1.29 is 4.79 Å². The molecule has 1 saturated heterocycles. The number of alkyl halides is 1. The number of amides is 1. The van der Waals surface area contributed by atoms with Crippen LogP contribution < -0.4 is 4.90 Å². The van der Waals surface area contributed by atoms with E-state index in [4.69, 9.17) is 11.6 Å². The van der Waals surface area contributed by atoms with E-state index in [1.165, 1.54) is 0 Å². The van der Waals surface area contributed by atoms with Gasteiger partial charge in [0.2, 0.25) is 5.91 Å². The van der Waals surface area contributed by atoms with Crippen LogP contribution in [0.2, 0.25) is 0 Å². The Morgan fingerprint density at radius 1 is 1.56 bits per heavy atom. The maximum absolute atomic E-state index is 11.9. The Morgan fingerprint density at radius 2 is 2.39 bits per heavy atom. The first-order valence-corrected chi connectivity index (χ1v) is 7.74. The van der Waals surface area contributed by atoms with E-state index in [2.05, 4.69) is 20.9 Å². The quantitative estimate of drug-likeness (QED) is 0.778. The molecular weight excluding hydrogens is 336 g/mol. The summed E-state index contributed by atoms with van der Waals surface area (Å²) < 4.78 is 2.09. The highest BCUT2D eigenvalue weighted by atomic mass is 79.9. The molecule has 0 N–H and O–H groups in total. The third-order valence-corrected chi connectivity index (χ3v) is 4.98. The number of thiazole rings is 1. The van der Waals surface area contributed by atoms with E-state index < -0.39 is 0 Å². The summed E-state index contributed by atoms with van der Waals surface area (Å²) in [6.07, 6.45) is 0.531. The highest BCUT2D eigenvalue weighted by Crippen LogP contribution is 2.33. The molecule has 1 fully saturated rings. The van der Waals surface area contributed by atoms with Crippen LogP contribution in [0.25, 0.3) is 10.2 Å². The van der Waals surface area contributed by atoms with Gasteiger partial charge in [0, 0.05) is 23.3 Å². The summed E-state index contributed by atoms with van der Waals surface area (Å²) in [5.41, 5.74) is 0.923. The van der Waals surface area contributed by atoms with Crippen LogP contribution in [0.3, 0.4) is 0 Å². The maximum Gasteiger partial charge on any atom is 0.229 e. The van der Waals surface area contributed by atoms with Crippen molar-refractivity contribution in [2.45, 2.75) is 6.42 Å². The summed E-state index contributed by atoms with van der Waals surface area (Å²) in [6.45, 7) is 0.684. The number of fused-ring (bicyclic) bond motifs is 1. The van der Waals surface area contributed by atoms with E-state index >= 15 is 0 Å². The molecule has 0 spiro atoms. The van der Waals surface area contributed by atoms with Crippen molar-refractivity contribution in [2.24, 2.45) is 5.92 Å². The minimum absolute atomic E-state index is 0.124. The molecule has 1 aromatic heterocycles. The second-order valence-electron chi connectivity index (χ2n) is 4.34. The Labute approximate surface area is 122 Å². The molecule has 94 valence electrons. The van der Waals surface area contributed by atoms with Gasteiger partial charge in [-0.1, -0.05) is 27.3 Å². The topological polar surface area (TPSA) is 33.2 Å². The predicted molar refractivity (Wildman–Crippen MR) is 78.5 cm³/mol. The molecule has 1 atom stereocenters. The number of halogens is 2. The van der Waals surface area contributed by atoms with Gasteiger partial charge in [0.15, 0.2) is 5.13 Å². The van der Waals surface area contributed by atoms with Crippen LogP contribution >= 0.6 is 38.9 Å². The number of aromatic nitrogens is 1. The second kappa shape index (κ2) is 4.79. The number of hydrogen-bond donors (Lipinski definition) is 0. The van der Waals surface area contributed by atoms with Crippen molar-refractivity contribution in [3.05, 3.63) is 22.7 Å². The van der Waals surface area contributed by atoms with E-state index in [-0.39, 0.29) is 11.8 Å². The Hall–Kier alpha value is -0.650. The largest absolute Gasteiger partial charge is 0.288 e. The SMILES string of the molecule is O=C1CC(CCl)CN1c1nc2cc(Br)ccc2s1. The minimum Gasteiger partial charge on any atom is -0.288 e. The number of rotatable bonds is 2. The first-order chi connectivity index (χ1) is 8.67. The summed E-state index contributed by atoms with van der Waals surface area (Å²) in [5, 5.41) is 0.778. The molecular formula is C12H10BrClN2OS. The van der Waals surface area contributed by atoms with Gasteiger partial charge in [0.25, 0.3) is 0 Å². The standard InChI is InChI=1S/C12H10BrClN2OS/c13-8-1-2-10-9(4-8)15-12(18-10)16-6-7(5-14)3-11(16)17/h1-2,4,7H,3,5-6H2. The molecule has 3 rings (SSSR count). The van der Waals surface area contributed by atoms with Crippen LogP contribution in [0.15, 0.2) is 22.7 Å². The van der Waals surface area contributed by atoms with Gasteiger partial charge in [-0.2, -0.15) is 0 Å². The van der Waals surface area contributed by atoms with Gasteiger partial charge in [-0.25, -0.2) is 4.98 Å². The molecule has 1 aromatic carbocycles. The van der Waals surface area contributed by atoms with Crippen LogP contribution in [-0.2, 0) is 4.79 Å². The zero-order valence-electron chi connectivity index (χ0n) is 9.40. The van der Waals surface area contributed by atoms with Crippen molar-refractivity contribution >= 4 is 60.1 Å². The van der Waals surface area contributed by atoms with E-state index in [9.17, 15) is 4.79 Å². The van der Waals surface area contributed by atoms with Crippen LogP contribution in [0.1, 0.15) is 6.42 Å². The molecule has 1 unspecified atom stereocenters. The van der Waals surface area contributed by atoms with E-state index in [0.717, 1.165) is 19.8 Å². The zero-order valence-corrected chi connectivity index (χ0v) is 12.6. The summed E-state index contributed by atoms with van der Waals surface area (Å²) in [4.78, 5) is 18.2. The molecule has 1 amide bonds. The lowest BCUT2D eigenvalue weighted by atomic mass is 10.2. The average Bonchev–Trinajstić information content (AvgIpc) is 2.91. The fourth-order valence-electron chi connectivity index (χ4n) is 2.07. The van der Waals surface area contributed by atoms with Gasteiger partial charge >= 0.3 is 0 Å². The molecule has 1 aliphatic heterocycles. The highest BCUT2D eigenvalue weighted by molar-refractivity contribution is 9.10. The Morgan fingerprint density at radius 3 is 3.11 bits per heavy atom. The molecule has 6 heteroatoms. The first kappa shape index (κ1) is 12.4. The smallest absolute Gasteiger partial charge is 0.229 e. The van der Waals surface area contributed by atoms with E-state index in [1.54, 1.807) is 16.2 Å². The molecule has 0 aliphatic carbocycles. The van der Waals surface area contributed by atoms with Crippen molar-refractivity contribution in [3.63, 3.8) is 0 Å². The maximum atomic E-state index is 11.9. The lowest BCUT2D eigenvalue weighted by Gasteiger charge is -2.11. The lowest BCUT2D eigenvalue weighted by molar-refractivity contribution is -0.117. The monoisotopic (exact) mass is 344 g/mol. The fraction of sp³-hybridized carbons (Fsp3) is 0.333. The van der Waals surface area contributed by atoms with E-state index in [1.807, 2.05) is 18.2 Å². The molecule has 0 saturated carbocycles. The number of anilines is 1. The Balaban J connectivity index is 1.97. The van der Waals surface area contributed by atoms with Crippen LogP contribution in [0.4, 0.5) is 5.13 Å². The minimum atomic E-state index is 0.124. The first-order valence-electron chi connectivity index (χ1n) is 5.60. The molecule has 1 aliphatic rings. The third-order valence-electron chi connectivity index (χ3n) is 2.99. The van der Waals surface area contributed by atoms with Crippen LogP contribution in [0, 0.1) is 5.92 Å². The number of benzene rings is 1. The number of carbonyl (C=O) groups excluding carboxylic acids is 1. The number of carbonyl (C=O) groups is 1. The normalized spacial score (nSPS) is 20.0. The Kier molecular flexibility index (Phi) is 3.30. The van der Waals surface area contributed by atoms with Gasteiger partial charge in [-0.3, -0.25) is 9.69 Å². The zero-order chi connectivity index (χ0) is 12.7. The van der Waals surface area contributed by atoms with Gasteiger partial charge in [0.05, 0.1) is 10.2 Å². The predicted octanol–water partition coefficient (Wildman–Crippen LogP) is 3.65. The summed E-state index contributed by atoms with van der Waals surface area (Å²) in [6, 6.07) is 5.97. The summed E-state index contributed by atoms with van der Waals surface area (Å²) in [5.74, 6) is 0.898. The van der Waals surface area contributed by atoms with Crippen molar-refractivity contribution in [2.75, 3.05) is 17.3 Å². The Bertz CT molecular complexity index is 615. The third kappa shape index (κ3) is 2.15. The van der Waals surface area contributed by atoms with E-state index in [0.29, 0.717) is 18.8 Å².